The van der Waals surface area contributed by atoms with Crippen LogP contribution >= 0.6 is 0 Å². The molecule has 1 rings (SSSR count). The third-order valence-corrected chi connectivity index (χ3v) is 1.78. The van der Waals surface area contributed by atoms with E-state index >= 15 is 0 Å². The van der Waals surface area contributed by atoms with E-state index in [1.165, 1.54) is 0 Å². The van der Waals surface area contributed by atoms with Gasteiger partial charge in [-0.2, -0.15) is 0 Å². The molecule has 0 atom stereocenters. The van der Waals surface area contributed by atoms with Crippen molar-refractivity contribution in [1.29, 1.82) is 0 Å². The first-order valence-corrected chi connectivity index (χ1v) is 4.23. The number of hydrogen-bond donors (Lipinski definition) is 2. The van der Waals surface area contributed by atoms with E-state index in [-0.39, 0.29) is 24.3 Å². The zero-order valence-electron chi connectivity index (χ0n) is 7.41. The number of aliphatic hydroxyl groups is 1. The zero-order valence-corrected chi connectivity index (χ0v) is 7.41. The standard InChI is InChI=1S/C8H15NO3/c1-5(2)12-8(11)9-6-3-7(10)4-6/h5-7,10H,3-4H2,1-2H3,(H,9,11). The SMILES string of the molecule is CC(C)OC(=O)NC1CC(O)C1. The summed E-state index contributed by atoms with van der Waals surface area (Å²) in [5.74, 6) is 0. The number of nitrogens with one attached hydrogen (secondary N) is 1. The topological polar surface area (TPSA) is 58.6 Å². The third-order valence-electron chi connectivity index (χ3n) is 1.78. The largest absolute Gasteiger partial charge is 0.447 e. The molecule has 0 unspecified atom stereocenters. The minimum atomic E-state index is -0.387. The highest BCUT2D eigenvalue weighted by atomic mass is 16.6. The minimum Gasteiger partial charge on any atom is -0.447 e. The highest BCUT2D eigenvalue weighted by Crippen LogP contribution is 2.19. The number of carbonyl (C=O) groups is 1. The molecule has 4 nitrogen and oxygen atoms in total. The molecule has 0 bridgehead atoms. The summed E-state index contributed by atoms with van der Waals surface area (Å²) in [6, 6.07) is 0.103. The Morgan fingerprint density at radius 2 is 2.17 bits per heavy atom. The lowest BCUT2D eigenvalue weighted by atomic mass is 9.90. The highest BCUT2D eigenvalue weighted by Gasteiger charge is 2.28. The monoisotopic (exact) mass is 173 g/mol. The molecule has 1 aliphatic carbocycles. The van der Waals surface area contributed by atoms with Gasteiger partial charge in [0.1, 0.15) is 0 Å². The van der Waals surface area contributed by atoms with Gasteiger partial charge >= 0.3 is 6.09 Å². The number of hydrogen-bond acceptors (Lipinski definition) is 3. The van der Waals surface area contributed by atoms with Crippen LogP contribution in [0.2, 0.25) is 0 Å². The second-order valence-electron chi connectivity index (χ2n) is 3.42. The van der Waals surface area contributed by atoms with Crippen LogP contribution in [0.4, 0.5) is 4.79 Å². The molecule has 0 aromatic carbocycles. The summed E-state index contributed by atoms with van der Waals surface area (Å²) in [5.41, 5.74) is 0. The summed E-state index contributed by atoms with van der Waals surface area (Å²) in [5, 5.41) is 11.6. The molecule has 70 valence electrons. The minimum absolute atomic E-state index is 0.0880. The first kappa shape index (κ1) is 9.32. The van der Waals surface area contributed by atoms with Crippen molar-refractivity contribution in [2.24, 2.45) is 0 Å². The van der Waals surface area contributed by atoms with E-state index in [4.69, 9.17) is 9.84 Å². The van der Waals surface area contributed by atoms with Gasteiger partial charge in [0.25, 0.3) is 0 Å². The van der Waals surface area contributed by atoms with Crippen LogP contribution in [0.5, 0.6) is 0 Å². The number of ether oxygens (including phenoxy) is 1. The second-order valence-corrected chi connectivity index (χ2v) is 3.42. The zero-order chi connectivity index (χ0) is 9.14. The molecular formula is C8H15NO3. The maximum absolute atomic E-state index is 10.9. The lowest BCUT2D eigenvalue weighted by Gasteiger charge is -2.31. The Labute approximate surface area is 71.9 Å². The van der Waals surface area contributed by atoms with E-state index in [0.717, 1.165) is 0 Å². The summed E-state index contributed by atoms with van der Waals surface area (Å²) in [6.45, 7) is 3.60. The first-order valence-electron chi connectivity index (χ1n) is 4.23. The molecule has 4 heteroatoms. The smallest absolute Gasteiger partial charge is 0.407 e. The van der Waals surface area contributed by atoms with E-state index in [1.54, 1.807) is 13.8 Å². The molecule has 1 amide bonds. The quantitative estimate of drug-likeness (QED) is 0.644. The van der Waals surface area contributed by atoms with Gasteiger partial charge in [0, 0.05) is 6.04 Å². The summed E-state index contributed by atoms with van der Waals surface area (Å²) in [4.78, 5) is 10.9. The van der Waals surface area contributed by atoms with Crippen LogP contribution in [0.25, 0.3) is 0 Å². The van der Waals surface area contributed by atoms with Crippen LogP contribution in [0.3, 0.4) is 0 Å². The first-order chi connectivity index (χ1) is 5.58. The van der Waals surface area contributed by atoms with E-state index in [2.05, 4.69) is 5.32 Å². The Morgan fingerprint density at radius 1 is 1.58 bits per heavy atom. The summed E-state index contributed by atoms with van der Waals surface area (Å²) in [7, 11) is 0. The fourth-order valence-corrected chi connectivity index (χ4v) is 1.12. The van der Waals surface area contributed by atoms with E-state index in [1.807, 2.05) is 0 Å². The van der Waals surface area contributed by atoms with Crippen molar-refractivity contribution in [1.82, 2.24) is 5.32 Å². The molecule has 1 saturated carbocycles. The Kier molecular flexibility index (Phi) is 2.92. The maximum Gasteiger partial charge on any atom is 0.407 e. The van der Waals surface area contributed by atoms with Crippen LogP contribution in [0, 0.1) is 0 Å². The molecule has 0 aromatic heterocycles. The number of carbonyl (C=O) groups excluding carboxylic acids is 1. The van der Waals surface area contributed by atoms with Crippen molar-refractivity contribution in [3.05, 3.63) is 0 Å². The molecule has 0 aromatic rings. The molecule has 0 aliphatic heterocycles. The lowest BCUT2D eigenvalue weighted by Crippen LogP contribution is -2.47. The number of amides is 1. The van der Waals surface area contributed by atoms with Crippen LogP contribution in [-0.2, 0) is 4.74 Å². The van der Waals surface area contributed by atoms with Crippen LogP contribution < -0.4 is 5.32 Å². The molecule has 0 heterocycles. The second kappa shape index (κ2) is 3.76. The average molecular weight is 173 g/mol. The van der Waals surface area contributed by atoms with Gasteiger partial charge in [-0.05, 0) is 26.7 Å². The van der Waals surface area contributed by atoms with Gasteiger partial charge in [-0.1, -0.05) is 0 Å². The number of aliphatic hydroxyl groups excluding tert-OH is 1. The Bertz CT molecular complexity index is 164. The molecule has 2 N–H and O–H groups in total. The van der Waals surface area contributed by atoms with Crippen molar-refractivity contribution in [3.63, 3.8) is 0 Å². The van der Waals surface area contributed by atoms with Gasteiger partial charge in [-0.15, -0.1) is 0 Å². The summed E-state index contributed by atoms with van der Waals surface area (Å²) < 4.78 is 4.86. The molecule has 12 heavy (non-hydrogen) atoms. The van der Waals surface area contributed by atoms with Crippen LogP contribution in [0.1, 0.15) is 26.7 Å². The van der Waals surface area contributed by atoms with Crippen molar-refractivity contribution >= 4 is 6.09 Å². The Morgan fingerprint density at radius 3 is 2.58 bits per heavy atom. The molecule has 0 saturated heterocycles. The molecule has 0 radical (unpaired) electrons. The normalized spacial score (nSPS) is 28.0. The summed E-state index contributed by atoms with van der Waals surface area (Å²) in [6.07, 6.45) is 0.576. The molecular weight excluding hydrogens is 158 g/mol. The maximum atomic E-state index is 10.9. The predicted molar refractivity (Wildman–Crippen MR) is 43.8 cm³/mol. The van der Waals surface area contributed by atoms with Gasteiger partial charge in [-0.3, -0.25) is 0 Å². The average Bonchev–Trinajstić information content (AvgIpc) is 1.82. The van der Waals surface area contributed by atoms with Gasteiger partial charge in [0.2, 0.25) is 0 Å². The Hall–Kier alpha value is -0.770. The van der Waals surface area contributed by atoms with E-state index < -0.39 is 0 Å². The van der Waals surface area contributed by atoms with Gasteiger partial charge in [-0.25, -0.2) is 4.79 Å². The lowest BCUT2D eigenvalue weighted by molar-refractivity contribution is 0.0531. The fourth-order valence-electron chi connectivity index (χ4n) is 1.12. The van der Waals surface area contributed by atoms with Crippen LogP contribution in [-0.4, -0.2) is 29.4 Å². The molecule has 0 spiro atoms. The van der Waals surface area contributed by atoms with Crippen molar-refractivity contribution in [3.8, 4) is 0 Å². The van der Waals surface area contributed by atoms with Gasteiger partial charge < -0.3 is 15.2 Å². The third kappa shape index (κ3) is 2.70. The number of rotatable bonds is 2. The predicted octanol–water partition coefficient (Wildman–Crippen LogP) is 0.644. The van der Waals surface area contributed by atoms with Crippen LogP contribution in [0.15, 0.2) is 0 Å². The van der Waals surface area contributed by atoms with Crippen molar-refractivity contribution < 1.29 is 14.6 Å². The van der Waals surface area contributed by atoms with Gasteiger partial charge in [0.15, 0.2) is 0 Å². The van der Waals surface area contributed by atoms with Crippen molar-refractivity contribution in [2.75, 3.05) is 0 Å². The van der Waals surface area contributed by atoms with E-state index in [9.17, 15) is 4.79 Å². The van der Waals surface area contributed by atoms with E-state index in [0.29, 0.717) is 12.8 Å². The van der Waals surface area contributed by atoms with Crippen molar-refractivity contribution in [2.45, 2.75) is 44.9 Å². The molecule has 1 aliphatic rings. The fraction of sp³-hybridized carbons (Fsp3) is 0.875. The Balaban J connectivity index is 2.11. The summed E-state index contributed by atoms with van der Waals surface area (Å²) >= 11 is 0. The van der Waals surface area contributed by atoms with Gasteiger partial charge in [0.05, 0.1) is 12.2 Å². The highest BCUT2D eigenvalue weighted by molar-refractivity contribution is 5.67. The number of alkyl carbamates (subject to hydrolysis) is 1. The molecule has 1 fully saturated rings.